The number of aryl methyl sites for hydroxylation is 2. The summed E-state index contributed by atoms with van der Waals surface area (Å²) in [6.45, 7) is 4.24. The Morgan fingerprint density at radius 3 is 2.37 bits per heavy atom. The molecule has 6 nitrogen and oxygen atoms in total. The van der Waals surface area contributed by atoms with Crippen molar-refractivity contribution in [2.24, 2.45) is 0 Å². The molecule has 0 saturated carbocycles. The van der Waals surface area contributed by atoms with Crippen LogP contribution in [0.3, 0.4) is 0 Å². The van der Waals surface area contributed by atoms with Crippen molar-refractivity contribution < 1.29 is 19.1 Å². The van der Waals surface area contributed by atoms with E-state index in [0.717, 1.165) is 22.4 Å². The molecule has 178 valence electrons. The summed E-state index contributed by atoms with van der Waals surface area (Å²) in [7, 11) is 1.58. The van der Waals surface area contributed by atoms with Crippen LogP contribution in [-0.4, -0.2) is 24.0 Å². The van der Waals surface area contributed by atoms with Gasteiger partial charge in [0.15, 0.2) is 5.11 Å². The number of thiocarbonyl (C=S) groups is 1. The zero-order valence-electron chi connectivity index (χ0n) is 19.4. The molecule has 3 aromatic carbocycles. The van der Waals surface area contributed by atoms with Crippen molar-refractivity contribution >= 4 is 52.5 Å². The van der Waals surface area contributed by atoms with Gasteiger partial charge in [-0.05, 0) is 85.2 Å². The molecule has 35 heavy (non-hydrogen) atoms. The minimum Gasteiger partial charge on any atom is -0.496 e. The Hall–Kier alpha value is -3.68. The lowest BCUT2D eigenvalue weighted by Gasteiger charge is -2.29. The second kappa shape index (κ2) is 10.3. The quantitative estimate of drug-likeness (QED) is 0.276. The second-order valence-electron chi connectivity index (χ2n) is 8.02. The number of carbonyl (C=O) groups is 2. The smallest absolute Gasteiger partial charge is 0.270 e. The van der Waals surface area contributed by atoms with Gasteiger partial charge in [0.05, 0.1) is 12.8 Å². The Morgan fingerprint density at radius 2 is 1.71 bits per heavy atom. The van der Waals surface area contributed by atoms with Crippen LogP contribution in [0.15, 0.2) is 66.2 Å². The number of benzene rings is 3. The Balaban J connectivity index is 1.65. The number of ether oxygens (including phenoxy) is 2. The number of amides is 2. The van der Waals surface area contributed by atoms with Crippen LogP contribution in [0.2, 0.25) is 5.02 Å². The summed E-state index contributed by atoms with van der Waals surface area (Å²) in [4.78, 5) is 27.2. The highest BCUT2D eigenvalue weighted by atomic mass is 35.5. The van der Waals surface area contributed by atoms with Gasteiger partial charge in [0, 0.05) is 10.6 Å². The van der Waals surface area contributed by atoms with Gasteiger partial charge < -0.3 is 9.47 Å². The van der Waals surface area contributed by atoms with Crippen molar-refractivity contribution in [1.29, 1.82) is 0 Å². The maximum absolute atomic E-state index is 13.3. The van der Waals surface area contributed by atoms with Crippen LogP contribution >= 0.6 is 23.8 Å². The highest BCUT2D eigenvalue weighted by Gasteiger charge is 2.34. The van der Waals surface area contributed by atoms with Crippen LogP contribution in [0.25, 0.3) is 6.08 Å². The van der Waals surface area contributed by atoms with E-state index in [-0.39, 0.29) is 17.3 Å². The molecular weight excluding hydrogens is 484 g/mol. The number of hydrogen-bond acceptors (Lipinski definition) is 5. The number of para-hydroxylation sites is 1. The van der Waals surface area contributed by atoms with Crippen LogP contribution < -0.4 is 19.7 Å². The van der Waals surface area contributed by atoms with E-state index in [1.54, 1.807) is 43.5 Å². The molecule has 1 saturated heterocycles. The molecule has 0 unspecified atom stereocenters. The summed E-state index contributed by atoms with van der Waals surface area (Å²) >= 11 is 11.2. The number of halogens is 1. The topological polar surface area (TPSA) is 67.9 Å². The lowest BCUT2D eigenvalue weighted by atomic mass is 10.0. The van der Waals surface area contributed by atoms with E-state index in [4.69, 9.17) is 33.3 Å². The van der Waals surface area contributed by atoms with E-state index in [2.05, 4.69) is 5.32 Å². The predicted octanol–water partition coefficient (Wildman–Crippen LogP) is 5.38. The first-order valence-electron chi connectivity index (χ1n) is 10.8. The van der Waals surface area contributed by atoms with Gasteiger partial charge in [0.25, 0.3) is 11.8 Å². The summed E-state index contributed by atoms with van der Waals surface area (Å²) in [5.74, 6) is 0.369. The van der Waals surface area contributed by atoms with Crippen LogP contribution in [0.5, 0.6) is 11.5 Å². The van der Waals surface area contributed by atoms with Crippen molar-refractivity contribution in [1.82, 2.24) is 5.32 Å². The average Bonchev–Trinajstić information content (AvgIpc) is 2.82. The largest absolute Gasteiger partial charge is 0.496 e. The van der Waals surface area contributed by atoms with E-state index in [1.165, 1.54) is 11.0 Å². The summed E-state index contributed by atoms with van der Waals surface area (Å²) < 4.78 is 11.6. The van der Waals surface area contributed by atoms with Gasteiger partial charge in [0.1, 0.15) is 23.7 Å². The Bertz CT molecular complexity index is 1330. The van der Waals surface area contributed by atoms with E-state index < -0.39 is 11.8 Å². The molecule has 4 rings (SSSR count). The number of carbonyl (C=O) groups excluding carboxylic acids is 2. The fourth-order valence-corrected chi connectivity index (χ4v) is 4.23. The Kier molecular flexibility index (Phi) is 7.19. The zero-order chi connectivity index (χ0) is 25.1. The highest BCUT2D eigenvalue weighted by molar-refractivity contribution is 7.80. The first kappa shape index (κ1) is 24.4. The van der Waals surface area contributed by atoms with Crippen LogP contribution in [-0.2, 0) is 16.2 Å². The second-order valence-corrected chi connectivity index (χ2v) is 8.84. The van der Waals surface area contributed by atoms with Gasteiger partial charge in [-0.1, -0.05) is 35.9 Å². The molecule has 1 fully saturated rings. The SMILES string of the molecule is COc1ccc(/C=C2/C(=O)NC(=S)N(c3ccc(Cl)cc3)C2=O)cc1COc1c(C)cccc1C. The third kappa shape index (κ3) is 5.21. The van der Waals surface area contributed by atoms with Gasteiger partial charge in [-0.15, -0.1) is 0 Å². The normalized spacial score (nSPS) is 14.8. The molecule has 2 amide bonds. The van der Waals surface area contributed by atoms with Crippen molar-refractivity contribution in [2.75, 3.05) is 12.0 Å². The number of nitrogens with zero attached hydrogens (tertiary/aromatic N) is 1. The number of nitrogens with one attached hydrogen (secondary N) is 1. The van der Waals surface area contributed by atoms with Gasteiger partial charge in [-0.25, -0.2) is 0 Å². The van der Waals surface area contributed by atoms with E-state index in [9.17, 15) is 9.59 Å². The lowest BCUT2D eigenvalue weighted by Crippen LogP contribution is -2.54. The first-order valence-corrected chi connectivity index (χ1v) is 11.6. The van der Waals surface area contributed by atoms with Gasteiger partial charge in [-0.3, -0.25) is 19.8 Å². The van der Waals surface area contributed by atoms with E-state index >= 15 is 0 Å². The minimum absolute atomic E-state index is 0.0110. The molecule has 0 bridgehead atoms. The molecule has 1 heterocycles. The van der Waals surface area contributed by atoms with Crippen molar-refractivity contribution in [3.8, 4) is 11.5 Å². The van der Waals surface area contributed by atoms with Gasteiger partial charge in [0.2, 0.25) is 0 Å². The molecule has 8 heteroatoms. The molecule has 0 aromatic heterocycles. The molecule has 0 spiro atoms. The third-order valence-corrected chi connectivity index (χ3v) is 6.12. The van der Waals surface area contributed by atoms with Gasteiger partial charge in [-0.2, -0.15) is 0 Å². The molecule has 0 aliphatic carbocycles. The van der Waals surface area contributed by atoms with Crippen molar-refractivity contribution in [3.05, 3.63) is 93.5 Å². The predicted molar refractivity (Wildman–Crippen MR) is 141 cm³/mol. The molecule has 1 aliphatic heterocycles. The summed E-state index contributed by atoms with van der Waals surface area (Å²) in [6, 6.07) is 18.0. The zero-order valence-corrected chi connectivity index (χ0v) is 21.0. The Labute approximate surface area is 214 Å². The van der Waals surface area contributed by atoms with E-state index in [1.807, 2.05) is 38.1 Å². The molecule has 1 N–H and O–H groups in total. The number of rotatable bonds is 6. The maximum atomic E-state index is 13.3. The molecule has 1 aliphatic rings. The van der Waals surface area contributed by atoms with Crippen molar-refractivity contribution in [2.45, 2.75) is 20.5 Å². The molecule has 0 atom stereocenters. The number of anilines is 1. The van der Waals surface area contributed by atoms with Crippen LogP contribution in [0, 0.1) is 13.8 Å². The number of methoxy groups -OCH3 is 1. The average molecular weight is 507 g/mol. The highest BCUT2D eigenvalue weighted by Crippen LogP contribution is 2.28. The number of hydrogen-bond donors (Lipinski definition) is 1. The first-order chi connectivity index (χ1) is 16.8. The molecule has 0 radical (unpaired) electrons. The maximum Gasteiger partial charge on any atom is 0.270 e. The summed E-state index contributed by atoms with van der Waals surface area (Å²) in [5, 5.41) is 3.12. The summed E-state index contributed by atoms with van der Waals surface area (Å²) in [6.07, 6.45) is 1.53. The standard InChI is InChI=1S/C27H23ClN2O4S/c1-16-5-4-6-17(2)24(16)34-15-19-13-18(7-12-23(19)33-3)14-22-25(31)29-27(35)30(26(22)32)21-10-8-20(28)9-11-21/h4-14H,15H2,1-3H3,(H,29,31,35)/b22-14-. The van der Waals surface area contributed by atoms with E-state index in [0.29, 0.717) is 22.0 Å². The van der Waals surface area contributed by atoms with Crippen LogP contribution in [0.4, 0.5) is 5.69 Å². The minimum atomic E-state index is -0.561. The lowest BCUT2D eigenvalue weighted by molar-refractivity contribution is -0.122. The Morgan fingerprint density at radius 1 is 1.03 bits per heavy atom. The van der Waals surface area contributed by atoms with Crippen LogP contribution in [0.1, 0.15) is 22.3 Å². The van der Waals surface area contributed by atoms with Crippen molar-refractivity contribution in [3.63, 3.8) is 0 Å². The monoisotopic (exact) mass is 506 g/mol. The fourth-order valence-electron chi connectivity index (χ4n) is 3.83. The third-order valence-electron chi connectivity index (χ3n) is 5.58. The van der Waals surface area contributed by atoms with Gasteiger partial charge >= 0.3 is 0 Å². The summed E-state index contributed by atoms with van der Waals surface area (Å²) in [5.41, 5.74) is 3.95. The molecule has 3 aromatic rings. The molecular formula is C27H23ClN2O4S. The fraction of sp³-hybridized carbons (Fsp3) is 0.148.